The molecular formula is C26H30Cl2F6N6O. The molecule has 4 rings (SSSR count). The van der Waals surface area contributed by atoms with Crippen molar-refractivity contribution >= 4 is 35.2 Å². The summed E-state index contributed by atoms with van der Waals surface area (Å²) >= 11 is 12.4. The van der Waals surface area contributed by atoms with Gasteiger partial charge in [0.15, 0.2) is 12.1 Å². The van der Waals surface area contributed by atoms with Crippen LogP contribution >= 0.6 is 23.2 Å². The molecule has 3 aliphatic rings. The minimum absolute atomic E-state index is 0.00489. The molecule has 0 bridgehead atoms. The summed E-state index contributed by atoms with van der Waals surface area (Å²) in [5, 5.41) is 12.5. The molecule has 226 valence electrons. The van der Waals surface area contributed by atoms with Crippen LogP contribution in [-0.2, 0) is 0 Å². The summed E-state index contributed by atoms with van der Waals surface area (Å²) in [4.78, 5) is 16.4. The first kappa shape index (κ1) is 31.6. The van der Waals surface area contributed by atoms with Gasteiger partial charge in [-0.1, -0.05) is 24.6 Å². The molecule has 0 saturated carbocycles. The molecule has 1 fully saturated rings. The molecule has 41 heavy (non-hydrogen) atoms. The number of hydrogen-bond donors (Lipinski definition) is 2. The maximum absolute atomic E-state index is 13.7. The van der Waals surface area contributed by atoms with E-state index >= 15 is 0 Å². The van der Waals surface area contributed by atoms with Gasteiger partial charge in [-0.2, -0.15) is 31.3 Å². The maximum atomic E-state index is 13.7. The highest BCUT2D eigenvalue weighted by Crippen LogP contribution is 2.42. The Balaban J connectivity index is 1.67. The molecule has 15 heteroatoms. The van der Waals surface area contributed by atoms with Crippen molar-refractivity contribution in [2.75, 3.05) is 24.6 Å². The van der Waals surface area contributed by atoms with E-state index in [0.717, 1.165) is 17.7 Å². The number of aliphatic hydroxyl groups is 1. The van der Waals surface area contributed by atoms with Gasteiger partial charge in [0.05, 0.1) is 12.1 Å². The first-order valence-electron chi connectivity index (χ1n) is 13.1. The highest BCUT2D eigenvalue weighted by atomic mass is 35.5. The Kier molecular flexibility index (Phi) is 9.93. The van der Waals surface area contributed by atoms with Crippen LogP contribution in [0.5, 0.6) is 0 Å². The second-order valence-corrected chi connectivity index (χ2v) is 11.0. The highest BCUT2D eigenvalue weighted by molar-refractivity contribution is 6.33. The second kappa shape index (κ2) is 12.9. The van der Waals surface area contributed by atoms with Gasteiger partial charge in [-0.3, -0.25) is 9.89 Å². The number of halogens is 8. The molecule has 0 spiro atoms. The van der Waals surface area contributed by atoms with Crippen molar-refractivity contribution in [3.05, 3.63) is 51.6 Å². The Bertz CT molecular complexity index is 1220. The molecule has 1 aromatic heterocycles. The summed E-state index contributed by atoms with van der Waals surface area (Å²) in [7, 11) is 0. The molecule has 2 aliphatic heterocycles. The van der Waals surface area contributed by atoms with Gasteiger partial charge >= 0.3 is 12.4 Å². The molecule has 3 unspecified atom stereocenters. The van der Waals surface area contributed by atoms with Crippen LogP contribution in [-0.4, -0.2) is 76.6 Å². The lowest BCUT2D eigenvalue weighted by molar-refractivity contribution is -0.166. The number of nitrogens with zero attached hydrogens (tertiary/aromatic N) is 5. The van der Waals surface area contributed by atoms with Crippen molar-refractivity contribution in [1.82, 2.24) is 20.2 Å². The van der Waals surface area contributed by atoms with Crippen LogP contribution in [0.2, 0.25) is 10.3 Å². The molecule has 1 aliphatic carbocycles. The Morgan fingerprint density at radius 3 is 2.54 bits per heavy atom. The van der Waals surface area contributed by atoms with Crippen LogP contribution < -0.4 is 10.2 Å². The van der Waals surface area contributed by atoms with Crippen molar-refractivity contribution < 1.29 is 31.4 Å². The number of anilines is 1. The number of aliphatic hydroxyl groups excluding tert-OH is 1. The SMILES string of the molecule is CCC1C[C@H](N(CC2=CC(C(F)(F)F)CC(C(F)(F)F)=C2)C2N=CC(CCCO)=CN2)CN1c1nc(Cl)ncc1Cl. The van der Waals surface area contributed by atoms with E-state index in [2.05, 4.69) is 20.3 Å². The van der Waals surface area contributed by atoms with E-state index < -0.39 is 36.6 Å². The van der Waals surface area contributed by atoms with E-state index in [9.17, 15) is 26.3 Å². The van der Waals surface area contributed by atoms with Gasteiger partial charge in [-0.05, 0) is 60.9 Å². The molecule has 1 aromatic rings. The van der Waals surface area contributed by atoms with Crippen LogP contribution in [0.3, 0.4) is 0 Å². The monoisotopic (exact) mass is 626 g/mol. The van der Waals surface area contributed by atoms with E-state index in [4.69, 9.17) is 28.3 Å². The zero-order chi connectivity index (χ0) is 29.9. The molecule has 0 aromatic carbocycles. The van der Waals surface area contributed by atoms with Crippen LogP contribution in [0.4, 0.5) is 32.2 Å². The molecule has 2 N–H and O–H groups in total. The van der Waals surface area contributed by atoms with Crippen molar-refractivity contribution in [2.45, 2.75) is 69.8 Å². The normalized spacial score (nSPS) is 25.2. The Labute approximate surface area is 243 Å². The van der Waals surface area contributed by atoms with Gasteiger partial charge in [0.1, 0.15) is 5.02 Å². The molecule has 0 amide bonds. The molecule has 7 nitrogen and oxygen atoms in total. The Hall–Kier alpha value is -2.35. The van der Waals surface area contributed by atoms with E-state index in [1.807, 2.05) is 11.8 Å². The predicted molar refractivity (Wildman–Crippen MR) is 145 cm³/mol. The average Bonchev–Trinajstić information content (AvgIpc) is 3.35. The first-order valence-corrected chi connectivity index (χ1v) is 13.9. The maximum Gasteiger partial charge on any atom is 0.412 e. The van der Waals surface area contributed by atoms with Crippen LogP contribution in [0.25, 0.3) is 0 Å². The summed E-state index contributed by atoms with van der Waals surface area (Å²) in [6.07, 6.45) is -2.98. The number of aliphatic imine (C=N–C) groups is 1. The molecule has 1 saturated heterocycles. The number of rotatable bonds is 9. The molecular weight excluding hydrogens is 597 g/mol. The Morgan fingerprint density at radius 2 is 1.93 bits per heavy atom. The summed E-state index contributed by atoms with van der Waals surface area (Å²) in [5.74, 6) is -1.85. The van der Waals surface area contributed by atoms with E-state index in [1.165, 1.54) is 6.20 Å². The van der Waals surface area contributed by atoms with Gasteiger partial charge in [0.2, 0.25) is 5.28 Å². The van der Waals surface area contributed by atoms with E-state index in [0.29, 0.717) is 38.0 Å². The summed E-state index contributed by atoms with van der Waals surface area (Å²) in [6.45, 7) is 2.07. The van der Waals surface area contributed by atoms with Gasteiger partial charge < -0.3 is 15.3 Å². The lowest BCUT2D eigenvalue weighted by atomic mass is 9.89. The quantitative estimate of drug-likeness (QED) is 0.257. The minimum Gasteiger partial charge on any atom is -0.396 e. The number of hydrogen-bond acceptors (Lipinski definition) is 7. The number of allylic oxidation sites excluding steroid dienone is 3. The largest absolute Gasteiger partial charge is 0.412 e. The number of nitrogens with one attached hydrogen (secondary N) is 1. The predicted octanol–water partition coefficient (Wildman–Crippen LogP) is 6.05. The van der Waals surface area contributed by atoms with E-state index in [-0.39, 0.29) is 41.1 Å². The highest BCUT2D eigenvalue weighted by Gasteiger charge is 2.46. The number of aromatic nitrogens is 2. The fourth-order valence-corrected chi connectivity index (χ4v) is 5.69. The third-order valence-corrected chi connectivity index (χ3v) is 7.85. The summed E-state index contributed by atoms with van der Waals surface area (Å²) in [6, 6.07) is -0.430. The van der Waals surface area contributed by atoms with E-state index in [1.54, 1.807) is 17.3 Å². The topological polar surface area (TPSA) is 76.9 Å². The summed E-state index contributed by atoms with van der Waals surface area (Å²) < 4.78 is 81.9. The van der Waals surface area contributed by atoms with Gasteiger partial charge in [-0.25, -0.2) is 4.98 Å². The van der Waals surface area contributed by atoms with Crippen LogP contribution in [0.1, 0.15) is 39.0 Å². The third kappa shape index (κ3) is 7.74. The fraction of sp³-hybridized carbons (Fsp3) is 0.577. The molecule has 0 radical (unpaired) electrons. The van der Waals surface area contributed by atoms with Gasteiger partial charge in [0.25, 0.3) is 0 Å². The van der Waals surface area contributed by atoms with Crippen molar-refractivity contribution in [3.63, 3.8) is 0 Å². The number of alkyl halides is 6. The molecule has 3 heterocycles. The fourth-order valence-electron chi connectivity index (χ4n) is 5.36. The zero-order valence-electron chi connectivity index (χ0n) is 22.1. The lowest BCUT2D eigenvalue weighted by Gasteiger charge is -2.37. The lowest BCUT2D eigenvalue weighted by Crippen LogP contribution is -2.51. The summed E-state index contributed by atoms with van der Waals surface area (Å²) in [5.41, 5.74) is -0.497. The standard InChI is InChI=1S/C26H30Cl2F6N6O/c1-2-19-9-20(14-39(19)22-21(27)12-35-23(28)38-22)40(24-36-10-15(11-37-24)4-3-5-41)13-16-6-17(25(29,30)31)8-18(7-16)26(32,33)34/h6-7,10-12,17,19-20,24,36,41H,2-5,8-9,13-14H2,1H3/t17?,19?,20-,24?/m0/s1. The minimum atomic E-state index is -4.89. The Morgan fingerprint density at radius 1 is 1.17 bits per heavy atom. The second-order valence-electron chi connectivity index (χ2n) is 10.2. The van der Waals surface area contributed by atoms with Crippen molar-refractivity contribution in [1.29, 1.82) is 0 Å². The third-order valence-electron chi connectivity index (χ3n) is 7.40. The van der Waals surface area contributed by atoms with Gasteiger partial charge in [0, 0.05) is 49.8 Å². The van der Waals surface area contributed by atoms with Crippen molar-refractivity contribution in [3.8, 4) is 0 Å². The first-order chi connectivity index (χ1) is 19.3. The van der Waals surface area contributed by atoms with Gasteiger partial charge in [-0.15, -0.1) is 0 Å². The van der Waals surface area contributed by atoms with Crippen LogP contribution in [0, 0.1) is 5.92 Å². The van der Waals surface area contributed by atoms with Crippen molar-refractivity contribution in [2.24, 2.45) is 10.9 Å². The molecule has 4 atom stereocenters. The van der Waals surface area contributed by atoms with Crippen LogP contribution in [0.15, 0.2) is 46.3 Å². The smallest absolute Gasteiger partial charge is 0.396 e. The zero-order valence-corrected chi connectivity index (χ0v) is 23.6. The average molecular weight is 627 g/mol.